The minimum atomic E-state index is -0.239. The molecule has 1 aromatic heterocycles. The number of pyridine rings is 1. The van der Waals surface area contributed by atoms with Gasteiger partial charge in [-0.05, 0) is 29.3 Å². The number of hydrogen-bond acceptors (Lipinski definition) is 6. The number of ether oxygens (including phenoxy) is 1. The van der Waals surface area contributed by atoms with Crippen LogP contribution in [0.3, 0.4) is 0 Å². The van der Waals surface area contributed by atoms with Crippen molar-refractivity contribution in [2.24, 2.45) is 5.73 Å². The zero-order valence-electron chi connectivity index (χ0n) is 15.7. The van der Waals surface area contributed by atoms with Crippen LogP contribution in [0.25, 0.3) is 11.6 Å². The summed E-state index contributed by atoms with van der Waals surface area (Å²) in [6.45, 7) is 4.48. The molecule has 0 radical (unpaired) electrons. The molecule has 146 valence electrons. The summed E-state index contributed by atoms with van der Waals surface area (Å²) in [5.41, 5.74) is 9.41. The van der Waals surface area contributed by atoms with Gasteiger partial charge in [-0.3, -0.25) is 9.69 Å². The predicted molar refractivity (Wildman–Crippen MR) is 113 cm³/mol. The summed E-state index contributed by atoms with van der Waals surface area (Å²) in [5.74, 6) is 0. The molecule has 1 fully saturated rings. The fourth-order valence-corrected chi connectivity index (χ4v) is 3.04. The third-order valence-electron chi connectivity index (χ3n) is 4.58. The van der Waals surface area contributed by atoms with Crippen molar-refractivity contribution in [3.05, 3.63) is 76.0 Å². The fourth-order valence-electron chi connectivity index (χ4n) is 3.04. The van der Waals surface area contributed by atoms with Gasteiger partial charge in [0.15, 0.2) is 0 Å². The first kappa shape index (κ1) is 19.6. The van der Waals surface area contributed by atoms with Crippen molar-refractivity contribution < 1.29 is 4.74 Å². The van der Waals surface area contributed by atoms with Crippen LogP contribution < -0.4 is 16.6 Å². The highest BCUT2D eigenvalue weighted by atomic mass is 16.5. The molecule has 0 spiro atoms. The molecule has 7 nitrogen and oxygen atoms in total. The highest BCUT2D eigenvalue weighted by Crippen LogP contribution is 2.17. The Morgan fingerprint density at radius 3 is 2.71 bits per heavy atom. The van der Waals surface area contributed by atoms with Crippen LogP contribution in [0, 0.1) is 5.41 Å². The number of nitrogens with two attached hydrogens (primary N) is 1. The molecule has 0 atom stereocenters. The first-order chi connectivity index (χ1) is 13.7. The highest BCUT2D eigenvalue weighted by Gasteiger charge is 2.10. The molecule has 2 heterocycles. The summed E-state index contributed by atoms with van der Waals surface area (Å²) in [6.07, 6.45) is 7.69. The molecule has 1 saturated heterocycles. The molecule has 1 aromatic carbocycles. The average Bonchev–Trinajstić information content (AvgIpc) is 2.72. The molecule has 0 unspecified atom stereocenters. The standard InChI is InChI=1S/C21H25N5O2/c22-12-18(13-23)20-11-21(27)25-14-17(20)5-6-24-19-3-1-16(2-4-19)15-26-7-9-28-10-8-26/h1-6,11-14,22,24H,7-10,15,23H2,(H,25,27)/b6-5+,18-13?,22-12?. The van der Waals surface area contributed by atoms with Gasteiger partial charge in [0.25, 0.3) is 0 Å². The highest BCUT2D eigenvalue weighted by molar-refractivity contribution is 6.09. The Balaban J connectivity index is 1.64. The number of morpholine rings is 1. The van der Waals surface area contributed by atoms with E-state index >= 15 is 0 Å². The fraction of sp³-hybridized carbons (Fsp3) is 0.238. The molecular weight excluding hydrogens is 354 g/mol. The van der Waals surface area contributed by atoms with E-state index in [1.165, 1.54) is 17.8 Å². The Morgan fingerprint density at radius 1 is 1.29 bits per heavy atom. The van der Waals surface area contributed by atoms with Crippen LogP contribution in [0.15, 0.2) is 53.7 Å². The quantitative estimate of drug-likeness (QED) is 0.552. The Bertz CT molecular complexity index is 909. The number of H-pyrrole nitrogens is 1. The minimum absolute atomic E-state index is 0.239. The van der Waals surface area contributed by atoms with E-state index in [1.54, 1.807) is 12.4 Å². The summed E-state index contributed by atoms with van der Waals surface area (Å²) >= 11 is 0. The average molecular weight is 379 g/mol. The maximum Gasteiger partial charge on any atom is 0.248 e. The van der Waals surface area contributed by atoms with Crippen LogP contribution >= 0.6 is 0 Å². The van der Waals surface area contributed by atoms with Crippen molar-refractivity contribution in [2.45, 2.75) is 6.54 Å². The smallest absolute Gasteiger partial charge is 0.248 e. The van der Waals surface area contributed by atoms with E-state index in [0.717, 1.165) is 50.3 Å². The number of nitrogens with one attached hydrogen (secondary N) is 3. The van der Waals surface area contributed by atoms with Crippen molar-refractivity contribution >= 4 is 23.6 Å². The monoisotopic (exact) mass is 379 g/mol. The molecule has 2 aromatic rings. The first-order valence-corrected chi connectivity index (χ1v) is 9.17. The van der Waals surface area contributed by atoms with E-state index in [-0.39, 0.29) is 5.56 Å². The van der Waals surface area contributed by atoms with Crippen molar-refractivity contribution in [1.82, 2.24) is 9.88 Å². The van der Waals surface area contributed by atoms with Gasteiger partial charge < -0.3 is 26.2 Å². The molecule has 5 N–H and O–H groups in total. The lowest BCUT2D eigenvalue weighted by atomic mass is 10.0. The van der Waals surface area contributed by atoms with Gasteiger partial charge in [-0.15, -0.1) is 0 Å². The van der Waals surface area contributed by atoms with E-state index < -0.39 is 0 Å². The molecule has 0 amide bonds. The van der Waals surface area contributed by atoms with Gasteiger partial charge in [-0.1, -0.05) is 12.1 Å². The van der Waals surface area contributed by atoms with Gasteiger partial charge in [0.1, 0.15) is 0 Å². The molecule has 1 aliphatic rings. The number of benzene rings is 1. The number of nitrogens with zero attached hydrogens (tertiary/aromatic N) is 1. The van der Waals surface area contributed by atoms with Crippen LogP contribution in [-0.2, 0) is 11.3 Å². The normalized spacial score (nSPS) is 15.6. The molecule has 3 rings (SSSR count). The first-order valence-electron chi connectivity index (χ1n) is 9.17. The number of anilines is 1. The lowest BCUT2D eigenvalue weighted by molar-refractivity contribution is 0.0342. The number of rotatable bonds is 7. The van der Waals surface area contributed by atoms with Crippen molar-refractivity contribution in [2.75, 3.05) is 31.6 Å². The zero-order chi connectivity index (χ0) is 19.8. The van der Waals surface area contributed by atoms with Gasteiger partial charge in [-0.25, -0.2) is 0 Å². The minimum Gasteiger partial charge on any atom is -0.404 e. The third kappa shape index (κ3) is 5.18. The van der Waals surface area contributed by atoms with Crippen LogP contribution in [0.2, 0.25) is 0 Å². The number of allylic oxidation sites excluding steroid dienone is 1. The number of aromatic amines is 1. The molecule has 0 bridgehead atoms. The van der Waals surface area contributed by atoms with Crippen LogP contribution in [-0.4, -0.2) is 42.4 Å². The van der Waals surface area contributed by atoms with Gasteiger partial charge in [-0.2, -0.15) is 0 Å². The molecular formula is C21H25N5O2. The van der Waals surface area contributed by atoms with Gasteiger partial charge in [0.05, 0.1) is 13.2 Å². The van der Waals surface area contributed by atoms with E-state index in [2.05, 4.69) is 27.3 Å². The second-order valence-corrected chi connectivity index (χ2v) is 6.50. The van der Waals surface area contributed by atoms with Crippen LogP contribution in [0.5, 0.6) is 0 Å². The summed E-state index contributed by atoms with van der Waals surface area (Å²) < 4.78 is 5.38. The second kappa shape index (κ2) is 9.68. The topological polar surface area (TPSA) is 107 Å². The van der Waals surface area contributed by atoms with E-state index in [1.807, 2.05) is 18.2 Å². The van der Waals surface area contributed by atoms with Crippen molar-refractivity contribution in [3.63, 3.8) is 0 Å². The third-order valence-corrected chi connectivity index (χ3v) is 4.58. The van der Waals surface area contributed by atoms with Crippen molar-refractivity contribution in [3.8, 4) is 0 Å². The van der Waals surface area contributed by atoms with Gasteiger partial charge in [0.2, 0.25) is 5.56 Å². The lowest BCUT2D eigenvalue weighted by Crippen LogP contribution is -2.35. The Labute approximate surface area is 164 Å². The SMILES string of the molecule is N=CC(=CN)c1cc(=O)[nH]cc1/C=C/Nc1ccc(CN2CCOCC2)cc1. The molecule has 7 heteroatoms. The maximum atomic E-state index is 11.6. The molecule has 28 heavy (non-hydrogen) atoms. The Hall–Kier alpha value is -3.16. The van der Waals surface area contributed by atoms with Gasteiger partial charge >= 0.3 is 0 Å². The Morgan fingerprint density at radius 2 is 2.04 bits per heavy atom. The lowest BCUT2D eigenvalue weighted by Gasteiger charge is -2.26. The van der Waals surface area contributed by atoms with E-state index in [9.17, 15) is 4.79 Å². The molecule has 1 aliphatic heterocycles. The van der Waals surface area contributed by atoms with Gasteiger partial charge in [0, 0.05) is 67.3 Å². The van der Waals surface area contributed by atoms with Crippen LogP contribution in [0.4, 0.5) is 5.69 Å². The summed E-state index contributed by atoms with van der Waals surface area (Å²) in [6, 6.07) is 9.74. The molecule has 0 saturated carbocycles. The Kier molecular flexibility index (Phi) is 6.78. The largest absolute Gasteiger partial charge is 0.404 e. The van der Waals surface area contributed by atoms with E-state index in [4.69, 9.17) is 15.9 Å². The zero-order valence-corrected chi connectivity index (χ0v) is 15.7. The van der Waals surface area contributed by atoms with Crippen molar-refractivity contribution in [1.29, 1.82) is 5.41 Å². The summed E-state index contributed by atoms with van der Waals surface area (Å²) in [7, 11) is 0. The van der Waals surface area contributed by atoms with E-state index in [0.29, 0.717) is 11.1 Å². The van der Waals surface area contributed by atoms with Crippen LogP contribution in [0.1, 0.15) is 16.7 Å². The number of aromatic nitrogens is 1. The maximum absolute atomic E-state index is 11.6. The number of hydrogen-bond donors (Lipinski definition) is 4. The predicted octanol–water partition coefficient (Wildman–Crippen LogP) is 2.24. The molecule has 0 aliphatic carbocycles. The summed E-state index contributed by atoms with van der Waals surface area (Å²) in [4.78, 5) is 16.6. The second-order valence-electron chi connectivity index (χ2n) is 6.50. The summed E-state index contributed by atoms with van der Waals surface area (Å²) in [5, 5.41) is 10.7.